The molecular weight excluding hydrogens is 224 g/mol. The molecule has 0 spiro atoms. The van der Waals surface area contributed by atoms with Crippen molar-refractivity contribution in [1.29, 1.82) is 0 Å². The molecule has 6 nitrogen and oxygen atoms in total. The average Bonchev–Trinajstić information content (AvgIpc) is 2.23. The normalized spacial score (nSPS) is 11.7. The number of carboxylic acid groups (broad SMARTS) is 1. The van der Waals surface area contributed by atoms with Crippen LogP contribution in [-0.4, -0.2) is 47.4 Å². The molecule has 0 aliphatic carbocycles. The number of rotatable bonds is 7. The number of carbonyl (C=O) groups is 3. The lowest BCUT2D eigenvalue weighted by molar-refractivity contribution is -0.142. The minimum absolute atomic E-state index is 0.120. The summed E-state index contributed by atoms with van der Waals surface area (Å²) in [4.78, 5) is 34.5. The van der Waals surface area contributed by atoms with Gasteiger partial charge in [0.05, 0.1) is 6.54 Å². The molecule has 0 saturated carbocycles. The van der Waals surface area contributed by atoms with Crippen LogP contribution in [0.4, 0.5) is 0 Å². The topological polar surface area (TPSA) is 86.7 Å². The Kier molecular flexibility index (Phi) is 6.93. The van der Waals surface area contributed by atoms with E-state index in [1.165, 1.54) is 18.9 Å². The summed E-state index contributed by atoms with van der Waals surface area (Å²) in [5.74, 6) is -1.73. The van der Waals surface area contributed by atoms with Gasteiger partial charge in [-0.1, -0.05) is 19.8 Å². The second-order valence-electron chi connectivity index (χ2n) is 3.98. The van der Waals surface area contributed by atoms with Gasteiger partial charge in [-0.25, -0.2) is 4.79 Å². The van der Waals surface area contributed by atoms with Crippen molar-refractivity contribution in [2.24, 2.45) is 0 Å². The van der Waals surface area contributed by atoms with Crippen LogP contribution in [0.3, 0.4) is 0 Å². The Balaban J connectivity index is 4.21. The third-order valence-electron chi connectivity index (χ3n) is 2.40. The van der Waals surface area contributed by atoms with Gasteiger partial charge in [-0.05, 0) is 6.42 Å². The molecule has 0 saturated heterocycles. The number of unbranched alkanes of at least 4 members (excludes halogenated alkanes) is 1. The van der Waals surface area contributed by atoms with Crippen molar-refractivity contribution in [2.45, 2.75) is 39.2 Å². The molecule has 98 valence electrons. The molecule has 0 fully saturated rings. The standard InChI is InChI=1S/C11H20N2O4/c1-4-5-6-9(11(16)17)12-10(15)7-13(3)8(2)14/h9H,4-7H2,1-3H3,(H,12,15)(H,16,17). The molecule has 0 radical (unpaired) electrons. The fourth-order valence-corrected chi connectivity index (χ4v) is 1.23. The van der Waals surface area contributed by atoms with E-state index in [9.17, 15) is 14.4 Å². The molecule has 0 rings (SSSR count). The molecule has 0 aromatic carbocycles. The zero-order valence-electron chi connectivity index (χ0n) is 10.5. The van der Waals surface area contributed by atoms with E-state index in [-0.39, 0.29) is 12.5 Å². The van der Waals surface area contributed by atoms with Gasteiger partial charge in [0, 0.05) is 14.0 Å². The lowest BCUT2D eigenvalue weighted by Crippen LogP contribution is -2.45. The van der Waals surface area contributed by atoms with Gasteiger partial charge in [0.1, 0.15) is 6.04 Å². The van der Waals surface area contributed by atoms with Crippen LogP contribution in [0.2, 0.25) is 0 Å². The SMILES string of the molecule is CCCCC(NC(=O)CN(C)C(C)=O)C(=O)O. The zero-order valence-corrected chi connectivity index (χ0v) is 10.5. The Hall–Kier alpha value is -1.59. The maximum atomic E-state index is 11.5. The lowest BCUT2D eigenvalue weighted by Gasteiger charge is -2.18. The number of hydrogen-bond acceptors (Lipinski definition) is 3. The van der Waals surface area contributed by atoms with Crippen LogP contribution in [0, 0.1) is 0 Å². The number of amides is 2. The van der Waals surface area contributed by atoms with Crippen LogP contribution >= 0.6 is 0 Å². The highest BCUT2D eigenvalue weighted by Gasteiger charge is 2.20. The molecule has 17 heavy (non-hydrogen) atoms. The second-order valence-corrected chi connectivity index (χ2v) is 3.98. The summed E-state index contributed by atoms with van der Waals surface area (Å²) in [5, 5.41) is 11.3. The summed E-state index contributed by atoms with van der Waals surface area (Å²) >= 11 is 0. The summed E-state index contributed by atoms with van der Waals surface area (Å²) in [7, 11) is 1.49. The van der Waals surface area contributed by atoms with E-state index in [1.54, 1.807) is 0 Å². The van der Waals surface area contributed by atoms with E-state index in [2.05, 4.69) is 5.32 Å². The van der Waals surface area contributed by atoms with Crippen LogP contribution in [0.5, 0.6) is 0 Å². The molecule has 0 heterocycles. The van der Waals surface area contributed by atoms with Crippen molar-refractivity contribution < 1.29 is 19.5 Å². The summed E-state index contributed by atoms with van der Waals surface area (Å²) in [5.41, 5.74) is 0. The summed E-state index contributed by atoms with van der Waals surface area (Å²) in [6, 6.07) is -0.872. The van der Waals surface area contributed by atoms with Crippen molar-refractivity contribution in [3.8, 4) is 0 Å². The molecule has 0 aliphatic heterocycles. The lowest BCUT2D eigenvalue weighted by atomic mass is 10.1. The Morgan fingerprint density at radius 3 is 2.35 bits per heavy atom. The molecule has 2 amide bonds. The predicted molar refractivity (Wildman–Crippen MR) is 62.4 cm³/mol. The Morgan fingerprint density at radius 2 is 1.94 bits per heavy atom. The number of likely N-dealkylation sites (N-methyl/N-ethyl adjacent to an activating group) is 1. The molecule has 0 aliphatic rings. The van der Waals surface area contributed by atoms with Crippen LogP contribution in [0.1, 0.15) is 33.1 Å². The van der Waals surface area contributed by atoms with Gasteiger partial charge in [0.25, 0.3) is 0 Å². The third kappa shape index (κ3) is 6.55. The molecule has 1 atom stereocenters. The summed E-state index contributed by atoms with van der Waals surface area (Å²) < 4.78 is 0. The quantitative estimate of drug-likeness (QED) is 0.671. The summed E-state index contributed by atoms with van der Waals surface area (Å²) in [6.45, 7) is 3.18. The van der Waals surface area contributed by atoms with Crippen LogP contribution in [0.25, 0.3) is 0 Å². The molecule has 1 unspecified atom stereocenters. The van der Waals surface area contributed by atoms with E-state index in [4.69, 9.17) is 5.11 Å². The molecule has 0 bridgehead atoms. The van der Waals surface area contributed by atoms with Crippen molar-refractivity contribution >= 4 is 17.8 Å². The van der Waals surface area contributed by atoms with Gasteiger partial charge in [-0.3, -0.25) is 9.59 Å². The Bertz CT molecular complexity index is 291. The minimum atomic E-state index is -1.04. The van der Waals surface area contributed by atoms with E-state index in [1.807, 2.05) is 6.92 Å². The number of nitrogens with one attached hydrogen (secondary N) is 1. The van der Waals surface area contributed by atoms with E-state index < -0.39 is 17.9 Å². The van der Waals surface area contributed by atoms with Crippen molar-refractivity contribution in [1.82, 2.24) is 10.2 Å². The zero-order chi connectivity index (χ0) is 13.4. The second kappa shape index (κ2) is 7.65. The first-order chi connectivity index (χ1) is 7.88. The number of aliphatic carboxylic acids is 1. The molecule has 0 aromatic heterocycles. The maximum Gasteiger partial charge on any atom is 0.326 e. The van der Waals surface area contributed by atoms with Gasteiger partial charge >= 0.3 is 5.97 Å². The number of carbonyl (C=O) groups excluding carboxylic acids is 2. The van der Waals surface area contributed by atoms with E-state index >= 15 is 0 Å². The van der Waals surface area contributed by atoms with Crippen molar-refractivity contribution in [3.05, 3.63) is 0 Å². The van der Waals surface area contributed by atoms with E-state index in [0.717, 1.165) is 12.8 Å². The maximum absolute atomic E-state index is 11.5. The molecule has 0 aromatic rings. The van der Waals surface area contributed by atoms with Crippen LogP contribution in [0.15, 0.2) is 0 Å². The fourth-order valence-electron chi connectivity index (χ4n) is 1.23. The highest BCUT2D eigenvalue weighted by molar-refractivity contribution is 5.87. The third-order valence-corrected chi connectivity index (χ3v) is 2.40. The number of nitrogens with zero attached hydrogens (tertiary/aromatic N) is 1. The van der Waals surface area contributed by atoms with Crippen molar-refractivity contribution in [3.63, 3.8) is 0 Å². The number of hydrogen-bond donors (Lipinski definition) is 2. The minimum Gasteiger partial charge on any atom is -0.480 e. The van der Waals surface area contributed by atoms with E-state index in [0.29, 0.717) is 6.42 Å². The summed E-state index contributed by atoms with van der Waals surface area (Å²) in [6.07, 6.45) is 2.01. The van der Waals surface area contributed by atoms with Gasteiger partial charge in [0.2, 0.25) is 11.8 Å². The predicted octanol–water partition coefficient (Wildman–Crippen LogP) is 0.224. The highest BCUT2D eigenvalue weighted by Crippen LogP contribution is 2.01. The van der Waals surface area contributed by atoms with Crippen LogP contribution < -0.4 is 5.32 Å². The largest absolute Gasteiger partial charge is 0.480 e. The molecular formula is C11H20N2O4. The first-order valence-electron chi connectivity index (χ1n) is 5.62. The molecule has 6 heteroatoms. The monoisotopic (exact) mass is 244 g/mol. The Labute approximate surface area is 101 Å². The van der Waals surface area contributed by atoms with Crippen molar-refractivity contribution in [2.75, 3.05) is 13.6 Å². The smallest absolute Gasteiger partial charge is 0.326 e. The van der Waals surface area contributed by atoms with Gasteiger partial charge in [0.15, 0.2) is 0 Å². The first kappa shape index (κ1) is 15.4. The van der Waals surface area contributed by atoms with Gasteiger partial charge in [-0.2, -0.15) is 0 Å². The number of carboxylic acids is 1. The highest BCUT2D eigenvalue weighted by atomic mass is 16.4. The van der Waals surface area contributed by atoms with Gasteiger partial charge < -0.3 is 15.3 Å². The van der Waals surface area contributed by atoms with Crippen LogP contribution in [-0.2, 0) is 14.4 Å². The average molecular weight is 244 g/mol. The first-order valence-corrected chi connectivity index (χ1v) is 5.62. The molecule has 2 N–H and O–H groups in total. The fraction of sp³-hybridized carbons (Fsp3) is 0.727. The Morgan fingerprint density at radius 1 is 1.35 bits per heavy atom. The van der Waals surface area contributed by atoms with Gasteiger partial charge in [-0.15, -0.1) is 0 Å².